The van der Waals surface area contributed by atoms with E-state index in [0.717, 1.165) is 38.8 Å². The Morgan fingerprint density at radius 3 is 2.64 bits per heavy atom. The van der Waals surface area contributed by atoms with Gasteiger partial charge in [-0.2, -0.15) is 9.97 Å². The number of pyridine rings is 1. The summed E-state index contributed by atoms with van der Waals surface area (Å²) in [6.45, 7) is 4.01. The first-order valence-corrected chi connectivity index (χ1v) is 15.5. The molecule has 3 unspecified atom stereocenters. The fraction of sp³-hybridized carbons (Fsp3) is 0.441. The highest BCUT2D eigenvalue weighted by atomic mass is 19.2. The minimum absolute atomic E-state index is 0.00503. The number of benzene rings is 2. The third-order valence-corrected chi connectivity index (χ3v) is 10.2. The Bertz CT molecular complexity index is 1890. The van der Waals surface area contributed by atoms with Crippen LogP contribution < -0.4 is 15.0 Å². The molecule has 4 aliphatic heterocycles. The van der Waals surface area contributed by atoms with Gasteiger partial charge in [0.25, 0.3) is 0 Å². The number of anilines is 1. The highest BCUT2D eigenvalue weighted by molar-refractivity contribution is 6.02. The highest BCUT2D eigenvalue weighted by Gasteiger charge is 2.46. The quantitative estimate of drug-likeness (QED) is 0.180. The zero-order valence-electron chi connectivity index (χ0n) is 24.8. The molecule has 45 heavy (non-hydrogen) atoms. The molecule has 0 amide bonds. The second-order valence-electron chi connectivity index (χ2n) is 12.8. The summed E-state index contributed by atoms with van der Waals surface area (Å²) in [7, 11) is 0. The van der Waals surface area contributed by atoms with Gasteiger partial charge in [0.1, 0.15) is 29.5 Å². The van der Waals surface area contributed by atoms with E-state index in [1.54, 1.807) is 29.2 Å². The lowest BCUT2D eigenvalue weighted by Crippen LogP contribution is -2.62. The van der Waals surface area contributed by atoms with Crippen molar-refractivity contribution in [3.05, 3.63) is 53.2 Å². The molecule has 232 valence electrons. The zero-order valence-corrected chi connectivity index (χ0v) is 24.8. The van der Waals surface area contributed by atoms with Crippen LogP contribution in [0.1, 0.15) is 43.9 Å². The van der Waals surface area contributed by atoms with Crippen molar-refractivity contribution < 1.29 is 22.3 Å². The van der Waals surface area contributed by atoms with Crippen LogP contribution in [0, 0.1) is 29.9 Å². The highest BCUT2D eigenvalue weighted by Crippen LogP contribution is 2.44. The molecule has 4 atom stereocenters. The number of terminal acetylenes is 1. The van der Waals surface area contributed by atoms with Gasteiger partial charge in [-0.25, -0.2) is 22.5 Å². The summed E-state index contributed by atoms with van der Waals surface area (Å²) in [5, 5.41) is 3.66. The van der Waals surface area contributed by atoms with E-state index in [-0.39, 0.29) is 53.0 Å². The number of alkyl halides is 2. The summed E-state index contributed by atoms with van der Waals surface area (Å²) in [6.07, 6.45) is 6.74. The first-order chi connectivity index (χ1) is 21.8. The molecule has 11 heteroatoms. The van der Waals surface area contributed by atoms with E-state index >= 15 is 8.78 Å². The van der Waals surface area contributed by atoms with Crippen LogP contribution in [0.4, 0.5) is 23.4 Å². The number of rotatable bonds is 4. The molecule has 7 nitrogen and oxygen atoms in total. The number of nitrogens with zero attached hydrogens (tertiary/aromatic N) is 5. The molecule has 3 fully saturated rings. The van der Waals surface area contributed by atoms with Gasteiger partial charge in [-0.3, -0.25) is 10.2 Å². The molecule has 4 aliphatic rings. The van der Waals surface area contributed by atoms with Gasteiger partial charge in [0.15, 0.2) is 18.4 Å². The van der Waals surface area contributed by atoms with Crippen molar-refractivity contribution in [2.45, 2.75) is 63.2 Å². The smallest absolute Gasteiger partial charge is 0.319 e. The topological polar surface area (TPSA) is 66.4 Å². The Morgan fingerprint density at radius 1 is 1.07 bits per heavy atom. The number of piperazine rings is 1. The van der Waals surface area contributed by atoms with Crippen molar-refractivity contribution >= 4 is 27.5 Å². The number of aromatic nitrogens is 3. The van der Waals surface area contributed by atoms with E-state index in [2.05, 4.69) is 21.1 Å². The van der Waals surface area contributed by atoms with Gasteiger partial charge in [0.05, 0.1) is 34.8 Å². The molecule has 0 aliphatic carbocycles. The number of ether oxygens (including phenoxy) is 1. The summed E-state index contributed by atoms with van der Waals surface area (Å²) in [4.78, 5) is 18.1. The van der Waals surface area contributed by atoms with Crippen LogP contribution in [-0.4, -0.2) is 70.3 Å². The van der Waals surface area contributed by atoms with E-state index in [4.69, 9.17) is 21.1 Å². The number of fused-ring (bicyclic) bond motifs is 4. The van der Waals surface area contributed by atoms with E-state index < -0.39 is 30.3 Å². The van der Waals surface area contributed by atoms with Crippen molar-refractivity contribution in [1.82, 2.24) is 25.2 Å². The monoisotopic (exact) mass is 616 g/mol. The molecule has 0 spiro atoms. The van der Waals surface area contributed by atoms with Gasteiger partial charge >= 0.3 is 6.01 Å². The fourth-order valence-electron chi connectivity index (χ4n) is 8.18. The van der Waals surface area contributed by atoms with E-state index in [1.165, 1.54) is 6.07 Å². The standard InChI is InChI=1S/C34H32F4N6O/c1-3-20-22(35)10-9-19-7-4-8-21(25(19)20)28-27(37)29-26-23(39-28)15-18(2)30-31(38)40-24(36)16-44(30)32(26)42-33(41-29)45-17-34-11-5-13-43(34)14-6-12-34/h1,4,7-10,18,24,30-31,40H,5-6,11-17H2,2H3/t18-,24?,30?,31?/m0/s1. The minimum atomic E-state index is -1.69. The summed E-state index contributed by atoms with van der Waals surface area (Å²) in [6, 6.07) is 7.19. The predicted octanol–water partition coefficient (Wildman–Crippen LogP) is 5.67. The second kappa shape index (κ2) is 10.5. The maximum atomic E-state index is 16.9. The predicted molar refractivity (Wildman–Crippen MR) is 163 cm³/mol. The third kappa shape index (κ3) is 4.36. The molecular weight excluding hydrogens is 584 g/mol. The van der Waals surface area contributed by atoms with Crippen LogP contribution >= 0.6 is 0 Å². The Labute approximate surface area is 258 Å². The average Bonchev–Trinajstić information content (AvgIpc) is 3.58. The molecule has 0 radical (unpaired) electrons. The van der Waals surface area contributed by atoms with Gasteiger partial charge in [-0.1, -0.05) is 37.1 Å². The van der Waals surface area contributed by atoms with Crippen molar-refractivity contribution in [2.75, 3.05) is 31.1 Å². The molecule has 0 saturated carbocycles. The molecule has 4 aromatic rings. The second-order valence-corrected chi connectivity index (χ2v) is 12.8. The molecule has 2 aromatic carbocycles. The van der Waals surface area contributed by atoms with Crippen LogP contribution in [-0.2, 0) is 6.42 Å². The zero-order chi connectivity index (χ0) is 31.0. The minimum Gasteiger partial charge on any atom is -0.461 e. The van der Waals surface area contributed by atoms with Gasteiger partial charge in [-0.15, -0.1) is 6.42 Å². The number of nitrogens with one attached hydrogen (secondary N) is 1. The van der Waals surface area contributed by atoms with E-state index in [0.29, 0.717) is 34.0 Å². The van der Waals surface area contributed by atoms with Crippen LogP contribution in [0.3, 0.4) is 0 Å². The molecule has 2 aromatic heterocycles. The maximum absolute atomic E-state index is 16.9. The summed E-state index contributed by atoms with van der Waals surface area (Å²) < 4.78 is 68.5. The first-order valence-electron chi connectivity index (χ1n) is 15.5. The van der Waals surface area contributed by atoms with Crippen molar-refractivity contribution in [1.29, 1.82) is 0 Å². The Balaban J connectivity index is 1.35. The summed E-state index contributed by atoms with van der Waals surface area (Å²) in [5.41, 5.74) is 0.522. The van der Waals surface area contributed by atoms with Gasteiger partial charge in [-0.05, 0) is 62.6 Å². The lowest BCUT2D eigenvalue weighted by molar-refractivity contribution is 0.0886. The maximum Gasteiger partial charge on any atom is 0.319 e. The van der Waals surface area contributed by atoms with Crippen molar-refractivity contribution in [3.8, 4) is 29.6 Å². The van der Waals surface area contributed by atoms with E-state index in [9.17, 15) is 8.78 Å². The van der Waals surface area contributed by atoms with Crippen LogP contribution in [0.2, 0.25) is 0 Å². The Kier molecular flexibility index (Phi) is 6.66. The average molecular weight is 617 g/mol. The molecule has 0 bridgehead atoms. The lowest BCUT2D eigenvalue weighted by Gasteiger charge is -2.42. The van der Waals surface area contributed by atoms with Crippen LogP contribution in [0.15, 0.2) is 30.3 Å². The normalized spacial score (nSPS) is 25.6. The molecule has 1 N–H and O–H groups in total. The largest absolute Gasteiger partial charge is 0.461 e. The molecular formula is C34H32F4N6O. The molecule has 3 saturated heterocycles. The van der Waals surface area contributed by atoms with Gasteiger partial charge in [0.2, 0.25) is 0 Å². The SMILES string of the molecule is C#Cc1c(F)ccc2cccc(-c3nc4c5c(nc(OCC67CCCN6CCC7)nc5c3F)N3CC(F)NC(F)C3[C@@H](C)C4)c12. The first kappa shape index (κ1) is 28.5. The molecule has 8 rings (SSSR count). The Hall–Kier alpha value is -4.01. The van der Waals surface area contributed by atoms with Crippen LogP contribution in [0.25, 0.3) is 32.9 Å². The number of hydrogen-bond acceptors (Lipinski definition) is 7. The molecule has 6 heterocycles. The number of hydrogen-bond donors (Lipinski definition) is 1. The van der Waals surface area contributed by atoms with Gasteiger partial charge in [0, 0.05) is 10.9 Å². The Morgan fingerprint density at radius 2 is 1.87 bits per heavy atom. The van der Waals surface area contributed by atoms with Crippen LogP contribution in [0.5, 0.6) is 6.01 Å². The number of halogens is 4. The third-order valence-electron chi connectivity index (χ3n) is 10.2. The fourth-order valence-corrected chi connectivity index (χ4v) is 8.18. The van der Waals surface area contributed by atoms with Crippen molar-refractivity contribution in [2.24, 2.45) is 5.92 Å². The lowest BCUT2D eigenvalue weighted by atomic mass is 9.93. The van der Waals surface area contributed by atoms with E-state index in [1.807, 2.05) is 6.92 Å². The summed E-state index contributed by atoms with van der Waals surface area (Å²) in [5.74, 6) is 0.894. The van der Waals surface area contributed by atoms with Gasteiger partial charge < -0.3 is 9.64 Å². The summed E-state index contributed by atoms with van der Waals surface area (Å²) >= 11 is 0. The van der Waals surface area contributed by atoms with Crippen molar-refractivity contribution in [3.63, 3.8) is 0 Å².